The van der Waals surface area contributed by atoms with E-state index >= 15 is 0 Å². The number of aryl methyl sites for hydroxylation is 2. The second kappa shape index (κ2) is 8.44. The van der Waals surface area contributed by atoms with Crippen LogP contribution >= 0.6 is 11.3 Å². The van der Waals surface area contributed by atoms with Crippen LogP contribution < -0.4 is 20.4 Å². The topological polar surface area (TPSA) is 34.1 Å². The summed E-state index contributed by atoms with van der Waals surface area (Å²) < 4.78 is 5.60. The van der Waals surface area contributed by atoms with Gasteiger partial charge in [-0.25, -0.2) is 4.98 Å². The molecular weight excluding hydrogens is 505 g/mol. The molecule has 0 N–H and O–H groups in total. The number of rotatable bonds is 4. The molecule has 0 atom stereocenters. The predicted molar refractivity (Wildman–Crippen MR) is 163 cm³/mol. The van der Waals surface area contributed by atoms with Gasteiger partial charge in [0.15, 0.2) is 19.8 Å². The summed E-state index contributed by atoms with van der Waals surface area (Å²) in [6.07, 6.45) is 2.18. The second-order valence-corrected chi connectivity index (χ2v) is 21.9. The van der Waals surface area contributed by atoms with E-state index in [9.17, 15) is 0 Å². The highest BCUT2D eigenvalue weighted by molar-refractivity contribution is 7.23. The maximum absolute atomic E-state index is 5.21. The molecule has 3 heterocycles. The van der Waals surface area contributed by atoms with Gasteiger partial charge in [-0.1, -0.05) is 109 Å². The summed E-state index contributed by atoms with van der Waals surface area (Å²) in [6.45, 7) is 14.3. The fraction of sp³-hybridized carbons (Fsp3) is 0.233. The molecule has 0 saturated carbocycles. The molecule has 0 bridgehead atoms. The number of aromatic nitrogens is 4. The van der Waals surface area contributed by atoms with E-state index in [2.05, 4.69) is 129 Å². The average molecular weight is 538 g/mol. The minimum atomic E-state index is -2.02. The van der Waals surface area contributed by atoms with Crippen molar-refractivity contribution in [2.24, 2.45) is 7.05 Å². The number of hydrogen-bond donors (Lipinski definition) is 0. The Morgan fingerprint density at radius 3 is 2.24 bits per heavy atom. The Morgan fingerprint density at radius 1 is 0.865 bits per heavy atom. The van der Waals surface area contributed by atoms with Crippen molar-refractivity contribution in [2.75, 3.05) is 0 Å². The molecule has 37 heavy (non-hydrogen) atoms. The Morgan fingerprint density at radius 2 is 1.54 bits per heavy atom. The van der Waals surface area contributed by atoms with E-state index in [-0.39, 0.29) is 0 Å². The Bertz CT molecular complexity index is 1810. The molecule has 6 rings (SSSR count). The lowest BCUT2D eigenvalue weighted by Gasteiger charge is -2.22. The second-order valence-electron chi connectivity index (χ2n) is 11.6. The van der Waals surface area contributed by atoms with E-state index in [1.807, 2.05) is 0 Å². The summed E-state index contributed by atoms with van der Waals surface area (Å²) >= 11 is 1.74. The summed E-state index contributed by atoms with van der Waals surface area (Å²) in [4.78, 5) is 6.09. The normalized spacial score (nSPS) is 12.7. The molecule has 0 saturated heterocycles. The molecule has 0 fully saturated rings. The van der Waals surface area contributed by atoms with Crippen molar-refractivity contribution < 1.29 is 4.57 Å². The number of thiazole rings is 1. The lowest BCUT2D eigenvalue weighted by atomic mass is 9.97. The molecule has 0 radical (unpaired) electrons. The lowest BCUT2D eigenvalue weighted by molar-refractivity contribution is -0.659. The van der Waals surface area contributed by atoms with Crippen molar-refractivity contribution in [3.8, 4) is 11.3 Å². The molecule has 0 unspecified atom stereocenters. The number of nitrogens with zero attached hydrogens (tertiary/aromatic N) is 4. The summed E-state index contributed by atoms with van der Waals surface area (Å²) in [5.74, 6) is 0. The van der Waals surface area contributed by atoms with Crippen molar-refractivity contribution in [1.29, 1.82) is 0 Å². The van der Waals surface area contributed by atoms with Gasteiger partial charge in [0.05, 0.1) is 18.3 Å². The van der Waals surface area contributed by atoms with Crippen LogP contribution in [-0.2, 0) is 7.05 Å². The minimum Gasteiger partial charge on any atom is -0.207 e. The number of fused-ring (bicyclic) bond motifs is 4. The summed E-state index contributed by atoms with van der Waals surface area (Å²) in [6, 6.07) is 24.4. The lowest BCUT2D eigenvalue weighted by Crippen LogP contribution is -2.54. The van der Waals surface area contributed by atoms with Gasteiger partial charge in [-0.05, 0) is 29.3 Å². The Labute approximate surface area is 224 Å². The molecule has 3 aromatic carbocycles. The third kappa shape index (κ3) is 3.79. The molecule has 6 aromatic rings. The van der Waals surface area contributed by atoms with Gasteiger partial charge in [-0.2, -0.15) is 14.2 Å². The van der Waals surface area contributed by atoms with Crippen LogP contribution in [0.1, 0.15) is 5.56 Å². The molecule has 0 aliphatic carbocycles. The van der Waals surface area contributed by atoms with Crippen LogP contribution in [-0.4, -0.2) is 30.7 Å². The van der Waals surface area contributed by atoms with Gasteiger partial charge in [0.25, 0.3) is 0 Å². The van der Waals surface area contributed by atoms with Gasteiger partial charge in [-0.15, -0.1) is 0 Å². The largest absolute Gasteiger partial charge is 0.240 e. The quantitative estimate of drug-likeness (QED) is 0.227. The van der Waals surface area contributed by atoms with Gasteiger partial charge in [-0.3, -0.25) is 0 Å². The summed E-state index contributed by atoms with van der Waals surface area (Å²) in [7, 11) is -1.47. The molecule has 4 nitrogen and oxygen atoms in total. The van der Waals surface area contributed by atoms with Crippen LogP contribution in [0.4, 0.5) is 0 Å². The van der Waals surface area contributed by atoms with E-state index in [1.165, 1.54) is 42.7 Å². The number of hydrogen-bond acceptors (Lipinski definition) is 3. The molecule has 0 spiro atoms. The van der Waals surface area contributed by atoms with E-state index in [4.69, 9.17) is 10.1 Å². The SMILES string of the molecule is Cc1c(-c2c3c(cc[n+]2C)sc2nc([Si](C)(C)c4ccccc4)nn23)cc([Si](C)(C)C)c2ccccc12. The molecule has 0 amide bonds. The highest BCUT2D eigenvalue weighted by atomic mass is 32.1. The monoisotopic (exact) mass is 537 g/mol. The molecule has 0 aliphatic rings. The number of benzene rings is 3. The zero-order valence-corrected chi connectivity index (χ0v) is 25.4. The molecule has 7 heteroatoms. The van der Waals surface area contributed by atoms with Gasteiger partial charge < -0.3 is 0 Å². The van der Waals surface area contributed by atoms with E-state index in [1.54, 1.807) is 11.3 Å². The van der Waals surface area contributed by atoms with Crippen LogP contribution in [0.5, 0.6) is 0 Å². The van der Waals surface area contributed by atoms with Crippen molar-refractivity contribution in [2.45, 2.75) is 39.7 Å². The van der Waals surface area contributed by atoms with E-state index in [0.717, 1.165) is 15.9 Å². The van der Waals surface area contributed by atoms with Gasteiger partial charge >= 0.3 is 0 Å². The highest BCUT2D eigenvalue weighted by Crippen LogP contribution is 2.35. The zero-order chi connectivity index (χ0) is 26.1. The predicted octanol–water partition coefficient (Wildman–Crippen LogP) is 5.26. The van der Waals surface area contributed by atoms with Crippen molar-refractivity contribution in [1.82, 2.24) is 14.6 Å². The van der Waals surface area contributed by atoms with Crippen LogP contribution in [0.15, 0.2) is 72.9 Å². The summed E-state index contributed by atoms with van der Waals surface area (Å²) in [5, 5.41) is 10.8. The maximum atomic E-state index is 5.21. The van der Waals surface area contributed by atoms with Gasteiger partial charge in [0, 0.05) is 6.07 Å². The molecular formula is C30H33N4SSi2+. The summed E-state index contributed by atoms with van der Waals surface area (Å²) in [5.41, 5.74) is 5.96. The third-order valence-corrected chi connectivity index (χ3v) is 13.8. The van der Waals surface area contributed by atoms with Crippen LogP contribution in [0.3, 0.4) is 0 Å². The fourth-order valence-corrected chi connectivity index (χ4v) is 10.1. The number of pyridine rings is 1. The average Bonchev–Trinajstić information content (AvgIpc) is 3.44. The highest BCUT2D eigenvalue weighted by Gasteiger charge is 2.33. The third-order valence-electron chi connectivity index (χ3n) is 7.68. The smallest absolute Gasteiger partial charge is 0.207 e. The van der Waals surface area contributed by atoms with Crippen LogP contribution in [0.2, 0.25) is 32.7 Å². The van der Waals surface area contributed by atoms with Crippen LogP contribution in [0.25, 0.3) is 37.2 Å². The van der Waals surface area contributed by atoms with Gasteiger partial charge in [0.2, 0.25) is 10.7 Å². The first-order chi connectivity index (χ1) is 17.6. The van der Waals surface area contributed by atoms with Crippen LogP contribution in [0, 0.1) is 6.92 Å². The molecule has 0 aliphatic heterocycles. The van der Waals surface area contributed by atoms with E-state index in [0.29, 0.717) is 0 Å². The van der Waals surface area contributed by atoms with Crippen molar-refractivity contribution >= 4 is 69.3 Å². The van der Waals surface area contributed by atoms with Gasteiger partial charge in [0.1, 0.15) is 12.5 Å². The first kappa shape index (κ1) is 24.2. The maximum Gasteiger partial charge on any atom is 0.240 e. The molecule has 3 aromatic heterocycles. The Balaban J connectivity index is 1.66. The first-order valence-corrected chi connectivity index (χ1v) is 20.2. The fourth-order valence-electron chi connectivity index (χ4n) is 5.46. The standard InChI is InChI=1S/C30H33N4SSi2/c1-20-22-15-11-12-16-23(22)26(36(3,4)5)19-24(20)27-28-25(17-18-33(27)2)35-30-31-29(32-34(28)30)37(6,7)21-13-9-8-10-14-21/h8-19H,1-7H3/q+1. The van der Waals surface area contributed by atoms with Crippen molar-refractivity contribution in [3.05, 3.63) is 78.5 Å². The Kier molecular flexibility index (Phi) is 5.53. The zero-order valence-electron chi connectivity index (χ0n) is 22.6. The van der Waals surface area contributed by atoms with E-state index < -0.39 is 16.1 Å². The Hall–Kier alpha value is -3.14. The first-order valence-electron chi connectivity index (χ1n) is 12.8. The minimum absolute atomic E-state index is 0.970. The molecule has 186 valence electrons. The van der Waals surface area contributed by atoms with Crippen molar-refractivity contribution in [3.63, 3.8) is 0 Å².